The third-order valence-electron chi connectivity index (χ3n) is 3.29. The van der Waals surface area contributed by atoms with Crippen molar-refractivity contribution in [3.05, 3.63) is 0 Å². The van der Waals surface area contributed by atoms with Gasteiger partial charge in [-0.2, -0.15) is 0 Å². The van der Waals surface area contributed by atoms with E-state index in [-0.39, 0.29) is 5.91 Å². The maximum Gasteiger partial charge on any atom is 0.318 e. The summed E-state index contributed by atoms with van der Waals surface area (Å²) >= 11 is 0. The summed E-state index contributed by atoms with van der Waals surface area (Å²) < 4.78 is 4.65. The van der Waals surface area contributed by atoms with Crippen LogP contribution in [0.5, 0.6) is 0 Å². The lowest BCUT2D eigenvalue weighted by Gasteiger charge is -2.32. The molecule has 0 aliphatic carbocycles. The van der Waals surface area contributed by atoms with Gasteiger partial charge in [-0.1, -0.05) is 13.8 Å². The van der Waals surface area contributed by atoms with Crippen molar-refractivity contribution < 1.29 is 14.3 Å². The average molecular weight is 227 g/mol. The van der Waals surface area contributed by atoms with E-state index in [1.165, 1.54) is 7.11 Å². The molecule has 1 unspecified atom stereocenters. The van der Waals surface area contributed by atoms with Crippen LogP contribution in [-0.4, -0.2) is 37.0 Å². The molecule has 0 N–H and O–H groups in total. The highest BCUT2D eigenvalue weighted by molar-refractivity contribution is 5.97. The number of nitrogens with zero attached hydrogens (tertiary/aromatic N) is 1. The molecule has 0 radical (unpaired) electrons. The summed E-state index contributed by atoms with van der Waals surface area (Å²) in [6.07, 6.45) is 2.57. The van der Waals surface area contributed by atoms with E-state index in [0.29, 0.717) is 12.3 Å². The number of carbonyl (C=O) groups excluding carboxylic acids is 2. The van der Waals surface area contributed by atoms with Crippen molar-refractivity contribution >= 4 is 11.9 Å². The molecular weight excluding hydrogens is 206 g/mol. The topological polar surface area (TPSA) is 46.6 Å². The largest absolute Gasteiger partial charge is 0.468 e. The standard InChI is InChI=1S/C12H21NO3/c1-4-10(12(15)16-3)11(14)13-7-5-9(2)6-8-13/h9-10H,4-8H2,1-3H3. The van der Waals surface area contributed by atoms with Crippen molar-refractivity contribution in [1.29, 1.82) is 0 Å². The van der Waals surface area contributed by atoms with Gasteiger partial charge in [0.15, 0.2) is 0 Å². The highest BCUT2D eigenvalue weighted by atomic mass is 16.5. The van der Waals surface area contributed by atoms with Crippen molar-refractivity contribution in [3.8, 4) is 0 Å². The zero-order valence-corrected chi connectivity index (χ0v) is 10.4. The number of hydrogen-bond acceptors (Lipinski definition) is 3. The highest BCUT2D eigenvalue weighted by Gasteiger charge is 2.31. The Morgan fingerprint density at radius 1 is 1.38 bits per heavy atom. The molecule has 92 valence electrons. The molecule has 0 bridgehead atoms. The third-order valence-corrected chi connectivity index (χ3v) is 3.29. The minimum absolute atomic E-state index is 0.0683. The molecule has 0 aromatic rings. The second kappa shape index (κ2) is 5.87. The van der Waals surface area contributed by atoms with Gasteiger partial charge in [0.05, 0.1) is 7.11 Å². The van der Waals surface area contributed by atoms with Gasteiger partial charge in [0.2, 0.25) is 5.91 Å². The zero-order chi connectivity index (χ0) is 12.1. The molecule has 1 amide bonds. The van der Waals surface area contributed by atoms with E-state index in [1.54, 1.807) is 4.90 Å². The molecule has 0 spiro atoms. The number of carbonyl (C=O) groups is 2. The number of rotatable bonds is 3. The van der Waals surface area contributed by atoms with E-state index >= 15 is 0 Å². The highest BCUT2D eigenvalue weighted by Crippen LogP contribution is 2.19. The maximum atomic E-state index is 12.1. The SMILES string of the molecule is CCC(C(=O)OC)C(=O)N1CCC(C)CC1. The van der Waals surface area contributed by atoms with Gasteiger partial charge in [-0.15, -0.1) is 0 Å². The fraction of sp³-hybridized carbons (Fsp3) is 0.833. The molecule has 4 heteroatoms. The number of likely N-dealkylation sites (tertiary alicyclic amines) is 1. The molecule has 1 aliphatic heterocycles. The molecule has 0 saturated carbocycles. The van der Waals surface area contributed by atoms with Crippen LogP contribution < -0.4 is 0 Å². The molecule has 1 heterocycles. The van der Waals surface area contributed by atoms with Gasteiger partial charge in [0.1, 0.15) is 5.92 Å². The maximum absolute atomic E-state index is 12.1. The van der Waals surface area contributed by atoms with Crippen LogP contribution in [0.2, 0.25) is 0 Å². The van der Waals surface area contributed by atoms with Crippen molar-refractivity contribution in [3.63, 3.8) is 0 Å². The summed E-state index contributed by atoms with van der Waals surface area (Å²) in [5.41, 5.74) is 0. The van der Waals surface area contributed by atoms with E-state index in [9.17, 15) is 9.59 Å². The first-order valence-electron chi connectivity index (χ1n) is 5.96. The number of ether oxygens (including phenoxy) is 1. The number of methoxy groups -OCH3 is 1. The number of piperidine rings is 1. The predicted molar refractivity (Wildman–Crippen MR) is 60.8 cm³/mol. The Bertz CT molecular complexity index is 257. The molecule has 0 aromatic carbocycles. The van der Waals surface area contributed by atoms with Gasteiger partial charge in [0, 0.05) is 13.1 Å². The van der Waals surface area contributed by atoms with Crippen molar-refractivity contribution in [2.24, 2.45) is 11.8 Å². The van der Waals surface area contributed by atoms with Crippen LogP contribution in [0, 0.1) is 11.8 Å². The van der Waals surface area contributed by atoms with E-state index in [2.05, 4.69) is 11.7 Å². The van der Waals surface area contributed by atoms with E-state index < -0.39 is 11.9 Å². The summed E-state index contributed by atoms with van der Waals surface area (Å²) in [5, 5.41) is 0. The zero-order valence-electron chi connectivity index (χ0n) is 10.4. The Labute approximate surface area is 96.9 Å². The monoisotopic (exact) mass is 227 g/mol. The van der Waals surface area contributed by atoms with Crippen LogP contribution in [0.3, 0.4) is 0 Å². The number of hydrogen-bond donors (Lipinski definition) is 0. The first kappa shape index (κ1) is 13.0. The normalized spacial score (nSPS) is 19.3. The van der Waals surface area contributed by atoms with E-state index in [0.717, 1.165) is 25.9 Å². The van der Waals surface area contributed by atoms with Gasteiger partial charge in [-0.3, -0.25) is 9.59 Å². The molecule has 1 rings (SSSR count). The van der Waals surface area contributed by atoms with Crippen LogP contribution >= 0.6 is 0 Å². The molecule has 16 heavy (non-hydrogen) atoms. The third kappa shape index (κ3) is 2.97. The summed E-state index contributed by atoms with van der Waals surface area (Å²) in [6, 6.07) is 0. The van der Waals surface area contributed by atoms with E-state index in [4.69, 9.17) is 0 Å². The summed E-state index contributed by atoms with van der Waals surface area (Å²) in [7, 11) is 1.33. The summed E-state index contributed by atoms with van der Waals surface area (Å²) in [5.74, 6) is -0.409. The molecule has 1 atom stereocenters. The van der Waals surface area contributed by atoms with Crippen LogP contribution in [0.15, 0.2) is 0 Å². The molecule has 1 aliphatic rings. The Morgan fingerprint density at radius 3 is 2.38 bits per heavy atom. The fourth-order valence-electron chi connectivity index (χ4n) is 2.03. The Hall–Kier alpha value is -1.06. The van der Waals surface area contributed by atoms with Gasteiger partial charge in [0.25, 0.3) is 0 Å². The van der Waals surface area contributed by atoms with Crippen molar-refractivity contribution in [1.82, 2.24) is 4.90 Å². The summed E-state index contributed by atoms with van der Waals surface area (Å²) in [4.78, 5) is 25.3. The van der Waals surface area contributed by atoms with Gasteiger partial charge in [-0.25, -0.2) is 0 Å². The predicted octanol–water partition coefficient (Wildman–Crippen LogP) is 1.44. The Morgan fingerprint density at radius 2 is 1.94 bits per heavy atom. The minimum Gasteiger partial charge on any atom is -0.468 e. The van der Waals surface area contributed by atoms with Gasteiger partial charge < -0.3 is 9.64 Å². The van der Waals surface area contributed by atoms with E-state index in [1.807, 2.05) is 6.92 Å². The quantitative estimate of drug-likeness (QED) is 0.541. The first-order valence-corrected chi connectivity index (χ1v) is 5.96. The van der Waals surface area contributed by atoms with Crippen LogP contribution in [-0.2, 0) is 14.3 Å². The Kier molecular flexibility index (Phi) is 4.77. The van der Waals surface area contributed by atoms with Crippen LogP contribution in [0.25, 0.3) is 0 Å². The van der Waals surface area contributed by atoms with Crippen LogP contribution in [0.1, 0.15) is 33.1 Å². The fourth-order valence-corrected chi connectivity index (χ4v) is 2.03. The van der Waals surface area contributed by atoms with Crippen LogP contribution in [0.4, 0.5) is 0 Å². The first-order chi connectivity index (χ1) is 7.60. The molecule has 0 aromatic heterocycles. The minimum atomic E-state index is -0.613. The van der Waals surface area contributed by atoms with Crippen molar-refractivity contribution in [2.75, 3.05) is 20.2 Å². The number of esters is 1. The smallest absolute Gasteiger partial charge is 0.318 e. The molecular formula is C12H21NO3. The number of amides is 1. The second-order valence-electron chi connectivity index (χ2n) is 4.49. The lowest BCUT2D eigenvalue weighted by molar-refractivity contribution is -0.154. The van der Waals surface area contributed by atoms with Crippen molar-refractivity contribution in [2.45, 2.75) is 33.1 Å². The molecule has 4 nitrogen and oxygen atoms in total. The molecule has 1 fully saturated rings. The van der Waals surface area contributed by atoms with Gasteiger partial charge in [-0.05, 0) is 25.2 Å². The average Bonchev–Trinajstić information content (AvgIpc) is 2.30. The molecule has 1 saturated heterocycles. The van der Waals surface area contributed by atoms with Gasteiger partial charge >= 0.3 is 5.97 Å². The lowest BCUT2D eigenvalue weighted by Crippen LogP contribution is -2.43. The second-order valence-corrected chi connectivity index (χ2v) is 4.49. The Balaban J connectivity index is 2.58. The summed E-state index contributed by atoms with van der Waals surface area (Å²) in [6.45, 7) is 5.58. The lowest BCUT2D eigenvalue weighted by atomic mass is 9.97.